The molecule has 4 heteroatoms. The molecule has 0 unspecified atom stereocenters. The molecule has 0 aromatic heterocycles. The summed E-state index contributed by atoms with van der Waals surface area (Å²) in [5.41, 5.74) is 0.800. The van der Waals surface area contributed by atoms with Crippen LogP contribution in [-0.4, -0.2) is 24.3 Å². The second-order valence-electron chi connectivity index (χ2n) is 2.34. The monoisotopic (exact) mass is 168 g/mol. The number of hydrogen-bond donors (Lipinski definition) is 2. The smallest absolute Gasteiger partial charge is 0.492 e. The van der Waals surface area contributed by atoms with E-state index in [0.29, 0.717) is 11.3 Å². The molecule has 0 aliphatic rings. The van der Waals surface area contributed by atoms with Crippen molar-refractivity contribution < 1.29 is 14.8 Å². The summed E-state index contributed by atoms with van der Waals surface area (Å²) in [5, 5.41) is 17.8. The lowest BCUT2D eigenvalue weighted by atomic mass is 9.74. The first-order chi connectivity index (χ1) is 5.54. The minimum Gasteiger partial charge on any atom is -0.497 e. The van der Waals surface area contributed by atoms with E-state index < -0.39 is 7.12 Å². The summed E-state index contributed by atoms with van der Waals surface area (Å²) in [6.45, 7) is 8.72. The Morgan fingerprint density at radius 1 is 1.50 bits per heavy atom. The van der Waals surface area contributed by atoms with Gasteiger partial charge in [-0.05, 0) is 13.0 Å². The fourth-order valence-corrected chi connectivity index (χ4v) is 0.861. The van der Waals surface area contributed by atoms with Crippen LogP contribution in [0.4, 0.5) is 0 Å². The van der Waals surface area contributed by atoms with Gasteiger partial charge < -0.3 is 14.8 Å². The zero-order chi connectivity index (χ0) is 9.72. The van der Waals surface area contributed by atoms with Crippen molar-refractivity contribution in [1.82, 2.24) is 0 Å². The predicted octanol–water partition coefficient (Wildman–Crippen LogP) is 0.661. The van der Waals surface area contributed by atoms with E-state index in [1.54, 1.807) is 6.92 Å². The average molecular weight is 168 g/mol. The van der Waals surface area contributed by atoms with Gasteiger partial charge in [0.2, 0.25) is 0 Å². The number of rotatable bonds is 4. The van der Waals surface area contributed by atoms with Gasteiger partial charge in [-0.25, -0.2) is 0 Å². The van der Waals surface area contributed by atoms with Gasteiger partial charge in [0.05, 0.1) is 7.11 Å². The van der Waals surface area contributed by atoms with Crippen LogP contribution in [0.2, 0.25) is 0 Å². The predicted molar refractivity (Wildman–Crippen MR) is 49.2 cm³/mol. The largest absolute Gasteiger partial charge is 0.497 e. The molecular formula is C8H13BO3. The summed E-state index contributed by atoms with van der Waals surface area (Å²) in [6, 6.07) is 0. The van der Waals surface area contributed by atoms with Gasteiger partial charge in [-0.2, -0.15) is 0 Å². The van der Waals surface area contributed by atoms with E-state index in [2.05, 4.69) is 13.2 Å². The Kier molecular flexibility index (Phi) is 4.40. The standard InChI is InChI=1S/C8H13BO3/c1-5-7(12-4)8(6(2)3)9(10)11/h5,10-11H,1-2H2,3-4H3/b8-7-. The molecule has 0 fully saturated rings. The molecule has 0 rings (SSSR count). The van der Waals surface area contributed by atoms with Crippen LogP contribution in [0.3, 0.4) is 0 Å². The third-order valence-electron chi connectivity index (χ3n) is 1.39. The van der Waals surface area contributed by atoms with Crippen LogP contribution in [0.1, 0.15) is 6.92 Å². The van der Waals surface area contributed by atoms with Crippen LogP contribution >= 0.6 is 0 Å². The summed E-state index contributed by atoms with van der Waals surface area (Å²) in [4.78, 5) is 0. The molecule has 0 saturated heterocycles. The van der Waals surface area contributed by atoms with Crippen molar-refractivity contribution in [1.29, 1.82) is 0 Å². The van der Waals surface area contributed by atoms with E-state index in [-0.39, 0.29) is 5.47 Å². The lowest BCUT2D eigenvalue weighted by molar-refractivity contribution is 0.302. The van der Waals surface area contributed by atoms with Gasteiger partial charge in [-0.1, -0.05) is 18.7 Å². The molecule has 2 N–H and O–H groups in total. The Morgan fingerprint density at radius 2 is 2.00 bits per heavy atom. The van der Waals surface area contributed by atoms with Crippen molar-refractivity contribution in [3.8, 4) is 0 Å². The maximum Gasteiger partial charge on any atom is 0.492 e. The molecule has 0 heterocycles. The Labute approximate surface area is 72.8 Å². The van der Waals surface area contributed by atoms with Gasteiger partial charge in [0.15, 0.2) is 0 Å². The number of allylic oxidation sites excluding steroid dienone is 3. The minimum atomic E-state index is -1.57. The molecule has 0 aliphatic carbocycles. The third-order valence-corrected chi connectivity index (χ3v) is 1.39. The van der Waals surface area contributed by atoms with E-state index in [1.807, 2.05) is 0 Å². The SMILES string of the molecule is C=C/C(OC)=C(/B(O)O)C(=C)C. The first kappa shape index (κ1) is 11.0. The van der Waals surface area contributed by atoms with Crippen molar-refractivity contribution in [2.45, 2.75) is 6.92 Å². The van der Waals surface area contributed by atoms with E-state index in [9.17, 15) is 0 Å². The number of hydrogen-bond acceptors (Lipinski definition) is 3. The molecule has 0 aromatic rings. The first-order valence-corrected chi connectivity index (χ1v) is 3.47. The summed E-state index contributed by atoms with van der Waals surface area (Å²) in [5.74, 6) is 0.331. The van der Waals surface area contributed by atoms with E-state index in [0.717, 1.165) is 0 Å². The highest BCUT2D eigenvalue weighted by Crippen LogP contribution is 2.15. The summed E-state index contributed by atoms with van der Waals surface area (Å²) in [7, 11) is -0.141. The second-order valence-corrected chi connectivity index (χ2v) is 2.34. The highest BCUT2D eigenvalue weighted by Gasteiger charge is 2.19. The van der Waals surface area contributed by atoms with Gasteiger partial charge in [-0.3, -0.25) is 0 Å². The molecule has 0 amide bonds. The maximum atomic E-state index is 8.92. The molecule has 66 valence electrons. The van der Waals surface area contributed by atoms with Crippen LogP contribution in [-0.2, 0) is 4.74 Å². The van der Waals surface area contributed by atoms with E-state index in [4.69, 9.17) is 14.8 Å². The third kappa shape index (κ3) is 2.56. The van der Waals surface area contributed by atoms with Gasteiger partial charge in [0.1, 0.15) is 5.76 Å². The lowest BCUT2D eigenvalue weighted by Crippen LogP contribution is -2.18. The van der Waals surface area contributed by atoms with Gasteiger partial charge in [-0.15, -0.1) is 0 Å². The number of ether oxygens (including phenoxy) is 1. The molecule has 0 aliphatic heterocycles. The van der Waals surface area contributed by atoms with Crippen LogP contribution in [0.5, 0.6) is 0 Å². The fraction of sp³-hybridized carbons (Fsp3) is 0.250. The molecule has 0 spiro atoms. The minimum absolute atomic E-state index is 0.257. The highest BCUT2D eigenvalue weighted by atomic mass is 16.5. The first-order valence-electron chi connectivity index (χ1n) is 3.47. The van der Waals surface area contributed by atoms with Crippen molar-refractivity contribution in [2.75, 3.05) is 7.11 Å². The number of methoxy groups -OCH3 is 1. The van der Waals surface area contributed by atoms with Crippen molar-refractivity contribution in [3.05, 3.63) is 36.0 Å². The molecule has 0 atom stereocenters. The van der Waals surface area contributed by atoms with Crippen molar-refractivity contribution in [3.63, 3.8) is 0 Å². The second kappa shape index (κ2) is 4.80. The summed E-state index contributed by atoms with van der Waals surface area (Å²) in [6.07, 6.45) is 1.41. The zero-order valence-electron chi connectivity index (χ0n) is 7.37. The molecule has 0 aromatic carbocycles. The Bertz CT molecular complexity index is 218. The maximum absolute atomic E-state index is 8.92. The molecular weight excluding hydrogens is 155 g/mol. The molecule has 0 saturated carbocycles. The van der Waals surface area contributed by atoms with Gasteiger partial charge in [0.25, 0.3) is 0 Å². The van der Waals surface area contributed by atoms with E-state index in [1.165, 1.54) is 13.2 Å². The average Bonchev–Trinajstić information content (AvgIpc) is 1.98. The van der Waals surface area contributed by atoms with Crippen LogP contribution in [0, 0.1) is 0 Å². The molecule has 3 nitrogen and oxygen atoms in total. The lowest BCUT2D eigenvalue weighted by Gasteiger charge is -2.09. The summed E-state index contributed by atoms with van der Waals surface area (Å²) < 4.78 is 4.86. The van der Waals surface area contributed by atoms with Crippen molar-refractivity contribution in [2.24, 2.45) is 0 Å². The topological polar surface area (TPSA) is 49.7 Å². The molecule has 0 bridgehead atoms. The quantitative estimate of drug-likeness (QED) is 0.368. The van der Waals surface area contributed by atoms with Crippen LogP contribution in [0.25, 0.3) is 0 Å². The van der Waals surface area contributed by atoms with Gasteiger partial charge in [0, 0.05) is 5.47 Å². The Balaban J connectivity index is 5.03. The van der Waals surface area contributed by atoms with Crippen LogP contribution < -0.4 is 0 Å². The summed E-state index contributed by atoms with van der Waals surface area (Å²) >= 11 is 0. The van der Waals surface area contributed by atoms with E-state index >= 15 is 0 Å². The molecule has 12 heavy (non-hydrogen) atoms. The Hall–Kier alpha value is -0.995. The molecule has 0 radical (unpaired) electrons. The van der Waals surface area contributed by atoms with Gasteiger partial charge >= 0.3 is 7.12 Å². The normalized spacial score (nSPS) is 11.7. The fourth-order valence-electron chi connectivity index (χ4n) is 0.861. The highest BCUT2D eigenvalue weighted by molar-refractivity contribution is 6.52. The van der Waals surface area contributed by atoms with Crippen LogP contribution in [0.15, 0.2) is 36.0 Å². The Morgan fingerprint density at radius 3 is 2.08 bits per heavy atom. The zero-order valence-corrected chi connectivity index (χ0v) is 7.37. The van der Waals surface area contributed by atoms with Crippen molar-refractivity contribution >= 4 is 7.12 Å².